The van der Waals surface area contributed by atoms with Crippen LogP contribution in [0.5, 0.6) is 0 Å². The lowest BCUT2D eigenvalue weighted by Gasteiger charge is -2.22. The zero-order valence-corrected chi connectivity index (χ0v) is 11.0. The minimum absolute atomic E-state index is 0.0642. The molecular formula is C10H20BrNO. The van der Waals surface area contributed by atoms with E-state index in [1.54, 1.807) is 0 Å². The Morgan fingerprint density at radius 1 is 1.15 bits per heavy atom. The molecule has 0 aromatic rings. The summed E-state index contributed by atoms with van der Waals surface area (Å²) < 4.78 is 0. The van der Waals surface area contributed by atoms with E-state index in [0.717, 1.165) is 11.0 Å². The Bertz CT molecular complexity index is 186. The van der Waals surface area contributed by atoms with E-state index < -0.39 is 0 Å². The van der Waals surface area contributed by atoms with Crippen LogP contribution in [0.25, 0.3) is 0 Å². The molecule has 0 N–H and O–H groups in total. The minimum atomic E-state index is -0.210. The second kappa shape index (κ2) is 4.45. The van der Waals surface area contributed by atoms with Gasteiger partial charge in [-0.1, -0.05) is 41.9 Å². The first kappa shape index (κ1) is 12.9. The molecule has 2 nitrogen and oxygen atoms in total. The van der Waals surface area contributed by atoms with Crippen molar-refractivity contribution in [1.29, 1.82) is 0 Å². The predicted molar refractivity (Wildman–Crippen MR) is 61.5 cm³/mol. The van der Waals surface area contributed by atoms with Gasteiger partial charge in [-0.05, 0) is 20.8 Å². The van der Waals surface area contributed by atoms with Gasteiger partial charge in [0.25, 0.3) is 0 Å². The molecule has 0 heterocycles. The highest BCUT2D eigenvalue weighted by atomic mass is 79.9. The predicted octanol–water partition coefficient (Wildman–Crippen LogP) is 3.60. The quantitative estimate of drug-likeness (QED) is 0.417. The van der Waals surface area contributed by atoms with Gasteiger partial charge >= 0.3 is 0 Å². The van der Waals surface area contributed by atoms with Gasteiger partial charge in [-0.15, -0.1) is 0 Å². The molecule has 0 atom stereocenters. The van der Waals surface area contributed by atoms with Gasteiger partial charge < -0.3 is 4.84 Å². The molecule has 0 saturated carbocycles. The third-order valence-electron chi connectivity index (χ3n) is 1.42. The number of hydrogen-bond donors (Lipinski definition) is 0. The molecule has 0 aromatic heterocycles. The van der Waals surface area contributed by atoms with Crippen LogP contribution in [0.15, 0.2) is 5.16 Å². The maximum atomic E-state index is 5.37. The summed E-state index contributed by atoms with van der Waals surface area (Å²) in [7, 11) is 0. The van der Waals surface area contributed by atoms with Crippen LogP contribution in [0.4, 0.5) is 0 Å². The van der Waals surface area contributed by atoms with Gasteiger partial charge in [-0.3, -0.25) is 0 Å². The maximum absolute atomic E-state index is 5.37. The van der Waals surface area contributed by atoms with Gasteiger partial charge in [0.2, 0.25) is 0 Å². The number of nitrogens with zero attached hydrogens (tertiary/aromatic N) is 1. The lowest BCUT2D eigenvalue weighted by molar-refractivity contribution is -0.000471. The molecule has 0 saturated heterocycles. The minimum Gasteiger partial charge on any atom is -0.390 e. The zero-order chi connectivity index (χ0) is 10.7. The average molecular weight is 250 g/mol. The van der Waals surface area contributed by atoms with E-state index in [1.165, 1.54) is 0 Å². The molecule has 0 aliphatic rings. The molecular weight excluding hydrogens is 230 g/mol. The maximum Gasteiger partial charge on any atom is 0.129 e. The topological polar surface area (TPSA) is 21.6 Å². The summed E-state index contributed by atoms with van der Waals surface area (Å²) in [5, 5.41) is 4.91. The number of alkyl halides is 1. The second-order valence-corrected chi connectivity index (χ2v) is 5.69. The summed E-state index contributed by atoms with van der Waals surface area (Å²) >= 11 is 3.41. The van der Waals surface area contributed by atoms with E-state index in [1.807, 2.05) is 20.8 Å². The van der Waals surface area contributed by atoms with Crippen molar-refractivity contribution in [3.63, 3.8) is 0 Å². The van der Waals surface area contributed by atoms with Crippen molar-refractivity contribution in [2.24, 2.45) is 10.6 Å². The Balaban J connectivity index is 4.42. The highest BCUT2D eigenvalue weighted by Gasteiger charge is 2.20. The standard InChI is InChI=1S/C10H20BrNO/c1-9(2,3)8(7-11)12-13-10(4,5)6/h7H2,1-6H3. The third kappa shape index (κ3) is 6.08. The summed E-state index contributed by atoms with van der Waals surface area (Å²) in [6.07, 6.45) is 0. The molecule has 0 aliphatic carbocycles. The summed E-state index contributed by atoms with van der Waals surface area (Å²) in [5.74, 6) is 0. The highest BCUT2D eigenvalue weighted by Crippen LogP contribution is 2.19. The van der Waals surface area contributed by atoms with Crippen molar-refractivity contribution < 1.29 is 4.84 Å². The average Bonchev–Trinajstić information content (AvgIpc) is 1.82. The van der Waals surface area contributed by atoms with Crippen molar-refractivity contribution in [2.45, 2.75) is 47.1 Å². The molecule has 0 radical (unpaired) electrons. The van der Waals surface area contributed by atoms with E-state index in [4.69, 9.17) is 4.84 Å². The van der Waals surface area contributed by atoms with Crippen molar-refractivity contribution in [1.82, 2.24) is 0 Å². The molecule has 3 heteroatoms. The van der Waals surface area contributed by atoms with Crippen LogP contribution in [-0.4, -0.2) is 16.6 Å². The highest BCUT2D eigenvalue weighted by molar-refractivity contribution is 9.09. The fourth-order valence-corrected chi connectivity index (χ4v) is 1.50. The van der Waals surface area contributed by atoms with Crippen LogP contribution in [0, 0.1) is 5.41 Å². The van der Waals surface area contributed by atoms with Crippen molar-refractivity contribution in [2.75, 3.05) is 5.33 Å². The number of oxime groups is 1. The molecule has 0 fully saturated rings. The molecule has 0 amide bonds. The third-order valence-corrected chi connectivity index (χ3v) is 1.95. The summed E-state index contributed by atoms with van der Waals surface area (Å²) in [5.41, 5.74) is 0.885. The normalized spacial score (nSPS) is 14.5. The van der Waals surface area contributed by atoms with Crippen molar-refractivity contribution >= 4 is 21.6 Å². The van der Waals surface area contributed by atoms with Gasteiger partial charge in [0.1, 0.15) is 5.60 Å². The van der Waals surface area contributed by atoms with Crippen LogP contribution in [0.2, 0.25) is 0 Å². The Kier molecular flexibility index (Phi) is 4.43. The smallest absolute Gasteiger partial charge is 0.129 e. The molecule has 0 bridgehead atoms. The van der Waals surface area contributed by atoms with E-state index >= 15 is 0 Å². The molecule has 0 unspecified atom stereocenters. The largest absolute Gasteiger partial charge is 0.390 e. The Morgan fingerprint density at radius 2 is 1.62 bits per heavy atom. The van der Waals surface area contributed by atoms with Gasteiger partial charge in [0, 0.05) is 10.7 Å². The van der Waals surface area contributed by atoms with E-state index in [-0.39, 0.29) is 11.0 Å². The van der Waals surface area contributed by atoms with Crippen LogP contribution in [0.3, 0.4) is 0 Å². The van der Waals surface area contributed by atoms with Crippen LogP contribution in [0.1, 0.15) is 41.5 Å². The summed E-state index contributed by atoms with van der Waals surface area (Å²) in [4.78, 5) is 5.37. The second-order valence-electron chi connectivity index (χ2n) is 5.13. The number of halogens is 1. The van der Waals surface area contributed by atoms with Crippen molar-refractivity contribution in [3.8, 4) is 0 Å². The van der Waals surface area contributed by atoms with Gasteiger partial charge in [-0.2, -0.15) is 0 Å². The first-order valence-electron chi connectivity index (χ1n) is 4.48. The number of rotatable bonds is 2. The summed E-state index contributed by atoms with van der Waals surface area (Å²) in [6.45, 7) is 12.3. The molecule has 13 heavy (non-hydrogen) atoms. The molecule has 0 rings (SSSR count). The Hall–Kier alpha value is -0.0500. The monoisotopic (exact) mass is 249 g/mol. The lowest BCUT2D eigenvalue weighted by atomic mass is 9.91. The van der Waals surface area contributed by atoms with E-state index in [0.29, 0.717) is 0 Å². The Morgan fingerprint density at radius 3 is 1.85 bits per heavy atom. The number of hydrogen-bond acceptors (Lipinski definition) is 2. The lowest BCUT2D eigenvalue weighted by Crippen LogP contribution is -2.24. The fourth-order valence-electron chi connectivity index (χ4n) is 0.554. The van der Waals surface area contributed by atoms with Gasteiger partial charge in [0.15, 0.2) is 0 Å². The first-order valence-corrected chi connectivity index (χ1v) is 5.60. The molecule has 0 spiro atoms. The van der Waals surface area contributed by atoms with E-state index in [9.17, 15) is 0 Å². The zero-order valence-electron chi connectivity index (χ0n) is 9.44. The van der Waals surface area contributed by atoms with Crippen LogP contribution < -0.4 is 0 Å². The van der Waals surface area contributed by atoms with Crippen LogP contribution in [-0.2, 0) is 4.84 Å². The molecule has 78 valence electrons. The molecule has 0 aliphatic heterocycles. The fraction of sp³-hybridized carbons (Fsp3) is 0.900. The van der Waals surface area contributed by atoms with Crippen molar-refractivity contribution in [3.05, 3.63) is 0 Å². The van der Waals surface area contributed by atoms with Crippen LogP contribution >= 0.6 is 15.9 Å². The summed E-state index contributed by atoms with van der Waals surface area (Å²) in [6, 6.07) is 0. The van der Waals surface area contributed by atoms with E-state index in [2.05, 4.69) is 41.9 Å². The first-order chi connectivity index (χ1) is 5.67. The van der Waals surface area contributed by atoms with Gasteiger partial charge in [0.05, 0.1) is 5.71 Å². The molecule has 0 aromatic carbocycles. The SMILES string of the molecule is CC(C)(C)ON=C(CBr)C(C)(C)C. The van der Waals surface area contributed by atoms with Gasteiger partial charge in [-0.25, -0.2) is 0 Å². The Labute approximate surface area is 89.9 Å².